The average molecular weight is 379 g/mol. The summed E-state index contributed by atoms with van der Waals surface area (Å²) < 4.78 is 0. The van der Waals surface area contributed by atoms with Crippen LogP contribution in [0.4, 0.5) is 17.3 Å². The minimum absolute atomic E-state index is 0.0428. The van der Waals surface area contributed by atoms with Gasteiger partial charge in [-0.05, 0) is 24.6 Å². The van der Waals surface area contributed by atoms with Crippen LogP contribution in [0.3, 0.4) is 0 Å². The van der Waals surface area contributed by atoms with Gasteiger partial charge in [-0.1, -0.05) is 29.8 Å². The second kappa shape index (κ2) is 8.54. The Morgan fingerprint density at radius 2 is 1.75 bits per heavy atom. The van der Waals surface area contributed by atoms with Crippen molar-refractivity contribution in [3.8, 4) is 0 Å². The summed E-state index contributed by atoms with van der Waals surface area (Å²) >= 11 is 0. The molecule has 0 atom stereocenters. The number of rotatable bonds is 7. The van der Waals surface area contributed by atoms with E-state index in [1.54, 1.807) is 0 Å². The molecule has 1 amide bonds. The number of pyridine rings is 1. The first kappa shape index (κ1) is 18.7. The normalized spacial score (nSPS) is 10.2. The zero-order valence-corrected chi connectivity index (χ0v) is 14.9. The summed E-state index contributed by atoms with van der Waals surface area (Å²) in [6.07, 6.45) is 4.11. The average Bonchev–Trinajstić information content (AvgIpc) is 2.72. The van der Waals surface area contributed by atoms with E-state index in [1.165, 1.54) is 30.9 Å². The molecule has 0 unspecified atom stereocenters. The number of anilines is 2. The van der Waals surface area contributed by atoms with Crippen LogP contribution in [0.5, 0.6) is 0 Å². The van der Waals surface area contributed by atoms with E-state index in [0.717, 1.165) is 11.1 Å². The van der Waals surface area contributed by atoms with Gasteiger partial charge in [-0.3, -0.25) is 30.7 Å². The summed E-state index contributed by atoms with van der Waals surface area (Å²) in [5.74, 6) is -0.570. The first-order valence-corrected chi connectivity index (χ1v) is 8.30. The van der Waals surface area contributed by atoms with Crippen LogP contribution < -0.4 is 16.2 Å². The SMILES string of the molecule is Cc1ccc(CNc2ncnc(NNC(=O)c3ccncc3)c2[N+](=O)[O-])cc1. The minimum atomic E-state index is -0.613. The molecule has 2 heterocycles. The van der Waals surface area contributed by atoms with Gasteiger partial charge in [0.05, 0.1) is 4.92 Å². The number of hydrogen-bond acceptors (Lipinski definition) is 8. The third kappa shape index (κ3) is 4.55. The molecule has 3 N–H and O–H groups in total. The number of nitrogens with one attached hydrogen (secondary N) is 3. The van der Waals surface area contributed by atoms with Crippen LogP contribution in [0.2, 0.25) is 0 Å². The largest absolute Gasteiger partial charge is 0.360 e. The molecular formula is C18H17N7O3. The minimum Gasteiger partial charge on any atom is -0.360 e. The van der Waals surface area contributed by atoms with Crippen LogP contribution in [0, 0.1) is 17.0 Å². The second-order valence-corrected chi connectivity index (χ2v) is 5.83. The van der Waals surface area contributed by atoms with Gasteiger partial charge >= 0.3 is 5.69 Å². The molecule has 0 spiro atoms. The molecule has 0 aliphatic heterocycles. The molecule has 2 aromatic heterocycles. The van der Waals surface area contributed by atoms with Gasteiger partial charge in [0.15, 0.2) is 0 Å². The van der Waals surface area contributed by atoms with Gasteiger partial charge in [0, 0.05) is 24.5 Å². The monoisotopic (exact) mass is 379 g/mol. The van der Waals surface area contributed by atoms with E-state index in [1.807, 2.05) is 31.2 Å². The van der Waals surface area contributed by atoms with Gasteiger partial charge in [-0.2, -0.15) is 0 Å². The molecule has 0 aliphatic rings. The highest BCUT2D eigenvalue weighted by Crippen LogP contribution is 2.28. The maximum absolute atomic E-state index is 12.1. The summed E-state index contributed by atoms with van der Waals surface area (Å²) in [4.78, 5) is 34.7. The van der Waals surface area contributed by atoms with E-state index in [-0.39, 0.29) is 17.3 Å². The fourth-order valence-corrected chi connectivity index (χ4v) is 2.36. The Kier molecular flexibility index (Phi) is 5.70. The van der Waals surface area contributed by atoms with Crippen molar-refractivity contribution in [2.24, 2.45) is 0 Å². The second-order valence-electron chi connectivity index (χ2n) is 5.83. The predicted octanol–water partition coefficient (Wildman–Crippen LogP) is 2.46. The highest BCUT2D eigenvalue weighted by atomic mass is 16.6. The molecule has 10 nitrogen and oxygen atoms in total. The molecular weight excluding hydrogens is 362 g/mol. The third-order valence-corrected chi connectivity index (χ3v) is 3.82. The van der Waals surface area contributed by atoms with Crippen molar-refractivity contribution in [2.45, 2.75) is 13.5 Å². The topological polar surface area (TPSA) is 135 Å². The molecule has 0 fully saturated rings. The molecule has 0 saturated heterocycles. The maximum Gasteiger partial charge on any atom is 0.354 e. The maximum atomic E-state index is 12.1. The van der Waals surface area contributed by atoms with Crippen molar-refractivity contribution >= 4 is 23.2 Å². The molecule has 28 heavy (non-hydrogen) atoms. The predicted molar refractivity (Wildman–Crippen MR) is 103 cm³/mol. The Hall–Kier alpha value is -4.08. The van der Waals surface area contributed by atoms with Crippen LogP contribution in [-0.2, 0) is 6.54 Å². The van der Waals surface area contributed by atoms with E-state index in [0.29, 0.717) is 12.1 Å². The van der Waals surface area contributed by atoms with E-state index < -0.39 is 10.8 Å². The molecule has 10 heteroatoms. The van der Waals surface area contributed by atoms with E-state index in [2.05, 4.69) is 31.1 Å². The lowest BCUT2D eigenvalue weighted by atomic mass is 10.1. The van der Waals surface area contributed by atoms with Crippen LogP contribution in [-0.4, -0.2) is 25.8 Å². The lowest BCUT2D eigenvalue weighted by Crippen LogP contribution is -2.30. The number of hydrogen-bond donors (Lipinski definition) is 3. The van der Waals surface area contributed by atoms with Crippen LogP contribution >= 0.6 is 0 Å². The molecule has 3 rings (SSSR count). The smallest absolute Gasteiger partial charge is 0.354 e. The van der Waals surface area contributed by atoms with Crippen LogP contribution in [0.15, 0.2) is 55.1 Å². The Morgan fingerprint density at radius 1 is 1.07 bits per heavy atom. The van der Waals surface area contributed by atoms with Crippen molar-refractivity contribution in [1.29, 1.82) is 0 Å². The fourth-order valence-electron chi connectivity index (χ4n) is 2.36. The van der Waals surface area contributed by atoms with Crippen molar-refractivity contribution < 1.29 is 9.72 Å². The number of hydrazine groups is 1. The van der Waals surface area contributed by atoms with Crippen LogP contribution in [0.1, 0.15) is 21.5 Å². The van der Waals surface area contributed by atoms with Crippen molar-refractivity contribution in [2.75, 3.05) is 10.7 Å². The van der Waals surface area contributed by atoms with Gasteiger partial charge in [0.2, 0.25) is 11.6 Å². The molecule has 3 aromatic rings. The molecule has 142 valence electrons. The van der Waals surface area contributed by atoms with Gasteiger partial charge in [-0.25, -0.2) is 9.97 Å². The number of nitro groups is 1. The molecule has 0 radical (unpaired) electrons. The summed E-state index contributed by atoms with van der Waals surface area (Å²) in [6.45, 7) is 2.33. The number of carbonyl (C=O) groups excluding carboxylic acids is 1. The molecule has 0 saturated carbocycles. The Bertz CT molecular complexity index is 978. The fraction of sp³-hybridized carbons (Fsp3) is 0.111. The highest BCUT2D eigenvalue weighted by Gasteiger charge is 2.23. The van der Waals surface area contributed by atoms with E-state index >= 15 is 0 Å². The van der Waals surface area contributed by atoms with E-state index in [9.17, 15) is 14.9 Å². The number of amides is 1. The molecule has 0 bridgehead atoms. The zero-order valence-electron chi connectivity index (χ0n) is 14.9. The van der Waals surface area contributed by atoms with Crippen molar-refractivity contribution in [1.82, 2.24) is 20.4 Å². The number of benzene rings is 1. The first-order valence-electron chi connectivity index (χ1n) is 8.30. The Morgan fingerprint density at radius 3 is 2.43 bits per heavy atom. The van der Waals surface area contributed by atoms with Gasteiger partial charge in [-0.15, -0.1) is 0 Å². The standard InChI is InChI=1S/C18H17N7O3/c1-12-2-4-13(5-3-12)10-20-16-15(25(27)28)17(22-11-21-16)23-24-18(26)14-6-8-19-9-7-14/h2-9,11H,10H2,1H3,(H,24,26)(H2,20,21,22,23). The summed E-state index contributed by atoms with van der Waals surface area (Å²) in [6, 6.07) is 10.8. The molecule has 0 aliphatic carbocycles. The number of aryl methyl sites for hydroxylation is 1. The zero-order chi connectivity index (χ0) is 19.9. The van der Waals surface area contributed by atoms with Crippen molar-refractivity contribution in [3.63, 3.8) is 0 Å². The summed E-state index contributed by atoms with van der Waals surface area (Å²) in [5.41, 5.74) is 6.90. The number of aromatic nitrogens is 3. The molecule has 1 aromatic carbocycles. The highest BCUT2D eigenvalue weighted by molar-refractivity contribution is 5.94. The van der Waals surface area contributed by atoms with Gasteiger partial charge < -0.3 is 5.32 Å². The van der Waals surface area contributed by atoms with Gasteiger partial charge in [0.25, 0.3) is 5.91 Å². The Labute approximate surface area is 160 Å². The lowest BCUT2D eigenvalue weighted by Gasteiger charge is -2.11. The first-order chi connectivity index (χ1) is 13.5. The van der Waals surface area contributed by atoms with E-state index in [4.69, 9.17) is 0 Å². The lowest BCUT2D eigenvalue weighted by molar-refractivity contribution is -0.383. The Balaban J connectivity index is 1.74. The van der Waals surface area contributed by atoms with Crippen LogP contribution in [0.25, 0.3) is 0 Å². The number of carbonyl (C=O) groups is 1. The van der Waals surface area contributed by atoms with Gasteiger partial charge in [0.1, 0.15) is 6.33 Å². The summed E-state index contributed by atoms with van der Waals surface area (Å²) in [7, 11) is 0. The van der Waals surface area contributed by atoms with Crippen molar-refractivity contribution in [3.05, 3.63) is 81.9 Å². The third-order valence-electron chi connectivity index (χ3n) is 3.82. The quantitative estimate of drug-likeness (QED) is 0.421. The summed E-state index contributed by atoms with van der Waals surface area (Å²) in [5, 5.41) is 14.5. The number of nitrogens with zero attached hydrogens (tertiary/aromatic N) is 4.